The molecule has 100 valence electrons. The first-order valence-corrected chi connectivity index (χ1v) is 6.58. The minimum Gasteiger partial charge on any atom is -0.356 e. The van der Waals surface area contributed by atoms with Crippen LogP contribution in [0.5, 0.6) is 0 Å². The summed E-state index contributed by atoms with van der Waals surface area (Å²) < 4.78 is 0. The Kier molecular flexibility index (Phi) is 5.40. The summed E-state index contributed by atoms with van der Waals surface area (Å²) in [5, 5.41) is 3.04. The highest BCUT2D eigenvalue weighted by Crippen LogP contribution is 2.18. The molecule has 4 heteroatoms. The lowest BCUT2D eigenvalue weighted by atomic mass is 9.89. The van der Waals surface area contributed by atoms with Gasteiger partial charge in [-0.1, -0.05) is 13.8 Å². The van der Waals surface area contributed by atoms with E-state index < -0.39 is 0 Å². The van der Waals surface area contributed by atoms with Gasteiger partial charge >= 0.3 is 0 Å². The third-order valence-corrected chi connectivity index (χ3v) is 3.50. The topological polar surface area (TPSA) is 58.4 Å². The summed E-state index contributed by atoms with van der Waals surface area (Å²) in [5.41, 5.74) is 5.54. The Morgan fingerprint density at radius 3 is 2.82 bits per heavy atom. The van der Waals surface area contributed by atoms with Crippen LogP contribution in [0.15, 0.2) is 0 Å². The molecule has 0 radical (unpaired) electrons. The number of nitrogens with two attached hydrogens (primary N) is 1. The highest BCUT2D eigenvalue weighted by Gasteiger charge is 2.22. The molecule has 0 saturated carbocycles. The van der Waals surface area contributed by atoms with E-state index in [1.807, 2.05) is 13.8 Å². The average molecular weight is 241 g/mol. The molecule has 3 N–H and O–H groups in total. The number of carbonyl (C=O) groups excluding carboxylic acids is 1. The molecule has 1 saturated heterocycles. The molecule has 0 aromatic carbocycles. The van der Waals surface area contributed by atoms with Crippen LogP contribution in [0.2, 0.25) is 0 Å². The Morgan fingerprint density at radius 1 is 1.53 bits per heavy atom. The molecule has 1 heterocycles. The normalized spacial score (nSPS) is 22.5. The number of rotatable bonds is 5. The van der Waals surface area contributed by atoms with Crippen LogP contribution >= 0.6 is 0 Å². The van der Waals surface area contributed by atoms with Gasteiger partial charge in [0.25, 0.3) is 0 Å². The summed E-state index contributed by atoms with van der Waals surface area (Å²) in [6, 6.07) is 0. The Morgan fingerprint density at radius 2 is 2.24 bits per heavy atom. The van der Waals surface area contributed by atoms with E-state index in [2.05, 4.69) is 17.3 Å². The molecule has 0 aliphatic carbocycles. The maximum atomic E-state index is 11.8. The maximum absolute atomic E-state index is 11.8. The highest BCUT2D eigenvalue weighted by atomic mass is 16.1. The third kappa shape index (κ3) is 5.50. The monoisotopic (exact) mass is 241 g/mol. The van der Waals surface area contributed by atoms with Gasteiger partial charge in [-0.15, -0.1) is 0 Å². The minimum absolute atomic E-state index is 0.0898. The minimum atomic E-state index is -0.0898. The van der Waals surface area contributed by atoms with Crippen molar-refractivity contribution in [2.75, 3.05) is 33.2 Å². The largest absolute Gasteiger partial charge is 0.356 e. The summed E-state index contributed by atoms with van der Waals surface area (Å²) in [6.45, 7) is 7.70. The second-order valence-electron chi connectivity index (χ2n) is 6.12. The van der Waals surface area contributed by atoms with Crippen LogP contribution in [0.4, 0.5) is 0 Å². The lowest BCUT2D eigenvalue weighted by molar-refractivity contribution is -0.123. The molecule has 1 atom stereocenters. The fraction of sp³-hybridized carbons (Fsp3) is 0.923. The number of carbonyl (C=O) groups is 1. The fourth-order valence-corrected chi connectivity index (χ4v) is 2.27. The molecule has 1 aliphatic heterocycles. The molecule has 1 amide bonds. The van der Waals surface area contributed by atoms with Crippen molar-refractivity contribution in [3.8, 4) is 0 Å². The van der Waals surface area contributed by atoms with Crippen LogP contribution in [-0.2, 0) is 4.79 Å². The van der Waals surface area contributed by atoms with Crippen LogP contribution in [-0.4, -0.2) is 44.0 Å². The molecule has 1 fully saturated rings. The predicted molar refractivity (Wildman–Crippen MR) is 70.7 cm³/mol. The fourth-order valence-electron chi connectivity index (χ4n) is 2.27. The van der Waals surface area contributed by atoms with Gasteiger partial charge in [0.1, 0.15) is 0 Å². The number of nitrogens with one attached hydrogen (secondary N) is 1. The summed E-state index contributed by atoms with van der Waals surface area (Å²) >= 11 is 0. The van der Waals surface area contributed by atoms with Crippen LogP contribution in [0.3, 0.4) is 0 Å². The van der Waals surface area contributed by atoms with E-state index in [9.17, 15) is 4.79 Å². The molecule has 0 bridgehead atoms. The molecular formula is C13H27N3O. The van der Waals surface area contributed by atoms with Gasteiger partial charge in [-0.25, -0.2) is 0 Å². The molecule has 17 heavy (non-hydrogen) atoms. The van der Waals surface area contributed by atoms with Gasteiger partial charge in [0.15, 0.2) is 0 Å². The first-order chi connectivity index (χ1) is 7.93. The SMILES string of the molecule is CN1CCCC(CNC(=O)CC(C)(C)CN)C1. The molecule has 0 aromatic rings. The zero-order valence-electron chi connectivity index (χ0n) is 11.5. The van der Waals surface area contributed by atoms with Gasteiger partial charge in [0, 0.05) is 19.5 Å². The summed E-state index contributed by atoms with van der Waals surface area (Å²) in [5.74, 6) is 0.743. The van der Waals surface area contributed by atoms with Crippen molar-refractivity contribution in [3.05, 3.63) is 0 Å². The van der Waals surface area contributed by atoms with Crippen molar-refractivity contribution in [1.29, 1.82) is 0 Å². The zero-order valence-corrected chi connectivity index (χ0v) is 11.5. The standard InChI is InChI=1S/C13H27N3O/c1-13(2,10-14)7-12(17)15-8-11-5-4-6-16(3)9-11/h11H,4-10,14H2,1-3H3,(H,15,17). The maximum Gasteiger partial charge on any atom is 0.220 e. The summed E-state index contributed by atoms with van der Waals surface area (Å²) in [4.78, 5) is 14.1. The van der Waals surface area contributed by atoms with Gasteiger partial charge < -0.3 is 16.0 Å². The molecular weight excluding hydrogens is 214 g/mol. The van der Waals surface area contributed by atoms with Gasteiger partial charge in [-0.05, 0) is 44.3 Å². The van der Waals surface area contributed by atoms with Crippen LogP contribution in [0.25, 0.3) is 0 Å². The van der Waals surface area contributed by atoms with E-state index >= 15 is 0 Å². The summed E-state index contributed by atoms with van der Waals surface area (Å²) in [6.07, 6.45) is 2.99. The van der Waals surface area contributed by atoms with Crippen molar-refractivity contribution < 1.29 is 4.79 Å². The highest BCUT2D eigenvalue weighted by molar-refractivity contribution is 5.76. The first-order valence-electron chi connectivity index (χ1n) is 6.58. The van der Waals surface area contributed by atoms with Crippen molar-refractivity contribution in [2.24, 2.45) is 17.1 Å². The van der Waals surface area contributed by atoms with Gasteiger partial charge in [-0.3, -0.25) is 4.79 Å². The first kappa shape index (κ1) is 14.5. The second kappa shape index (κ2) is 6.36. The molecule has 0 aromatic heterocycles. The Labute approximate surface area is 105 Å². The predicted octanol–water partition coefficient (Wildman–Crippen LogP) is 0.819. The Bertz CT molecular complexity index is 253. The van der Waals surface area contributed by atoms with Crippen LogP contribution in [0, 0.1) is 11.3 Å². The number of amides is 1. The number of hydrogen-bond donors (Lipinski definition) is 2. The van der Waals surface area contributed by atoms with Gasteiger partial charge in [0.2, 0.25) is 5.91 Å². The van der Waals surface area contributed by atoms with Gasteiger partial charge in [-0.2, -0.15) is 0 Å². The van der Waals surface area contributed by atoms with E-state index in [-0.39, 0.29) is 11.3 Å². The van der Waals surface area contributed by atoms with Crippen molar-refractivity contribution in [2.45, 2.75) is 33.1 Å². The number of nitrogens with zero attached hydrogens (tertiary/aromatic N) is 1. The summed E-state index contributed by atoms with van der Waals surface area (Å²) in [7, 11) is 2.14. The van der Waals surface area contributed by atoms with Crippen molar-refractivity contribution in [3.63, 3.8) is 0 Å². The van der Waals surface area contributed by atoms with E-state index in [1.165, 1.54) is 19.4 Å². The van der Waals surface area contributed by atoms with E-state index in [0.29, 0.717) is 18.9 Å². The quantitative estimate of drug-likeness (QED) is 0.749. The van der Waals surface area contributed by atoms with Crippen LogP contribution in [0.1, 0.15) is 33.1 Å². The Balaban J connectivity index is 2.23. The van der Waals surface area contributed by atoms with E-state index in [4.69, 9.17) is 5.73 Å². The number of hydrogen-bond acceptors (Lipinski definition) is 3. The molecule has 1 rings (SSSR count). The van der Waals surface area contributed by atoms with E-state index in [0.717, 1.165) is 13.1 Å². The number of likely N-dealkylation sites (tertiary alicyclic amines) is 1. The lowest BCUT2D eigenvalue weighted by Gasteiger charge is -2.30. The molecule has 4 nitrogen and oxygen atoms in total. The smallest absolute Gasteiger partial charge is 0.220 e. The lowest BCUT2D eigenvalue weighted by Crippen LogP contribution is -2.40. The molecule has 1 aliphatic rings. The number of piperidine rings is 1. The van der Waals surface area contributed by atoms with Crippen molar-refractivity contribution in [1.82, 2.24) is 10.2 Å². The van der Waals surface area contributed by atoms with Gasteiger partial charge in [0.05, 0.1) is 0 Å². The molecule has 1 unspecified atom stereocenters. The third-order valence-electron chi connectivity index (χ3n) is 3.50. The average Bonchev–Trinajstić information content (AvgIpc) is 2.26. The van der Waals surface area contributed by atoms with E-state index in [1.54, 1.807) is 0 Å². The second-order valence-corrected chi connectivity index (χ2v) is 6.12. The van der Waals surface area contributed by atoms with Crippen LogP contribution < -0.4 is 11.1 Å². The van der Waals surface area contributed by atoms with Crippen molar-refractivity contribution >= 4 is 5.91 Å². The Hall–Kier alpha value is -0.610. The zero-order chi connectivity index (χ0) is 12.9. The molecule has 0 spiro atoms.